The molecule has 2 aliphatic heterocycles. The zero-order valence-electron chi connectivity index (χ0n) is 22.9. The third kappa shape index (κ3) is 5.72. The van der Waals surface area contributed by atoms with Gasteiger partial charge in [0.25, 0.3) is 5.91 Å². The molecule has 1 amide bonds. The Balaban J connectivity index is 1.25. The molecule has 0 radical (unpaired) electrons. The van der Waals surface area contributed by atoms with Crippen molar-refractivity contribution < 1.29 is 4.79 Å². The lowest BCUT2D eigenvalue weighted by molar-refractivity contribution is 0.0920. The van der Waals surface area contributed by atoms with Crippen LogP contribution in [0.3, 0.4) is 0 Å². The van der Waals surface area contributed by atoms with E-state index in [2.05, 4.69) is 70.1 Å². The molecule has 0 spiro atoms. The molecule has 0 atom stereocenters. The van der Waals surface area contributed by atoms with Crippen LogP contribution in [0.1, 0.15) is 40.9 Å². The van der Waals surface area contributed by atoms with E-state index in [0.717, 1.165) is 63.5 Å². The van der Waals surface area contributed by atoms with Crippen molar-refractivity contribution in [2.45, 2.75) is 39.8 Å². The summed E-state index contributed by atoms with van der Waals surface area (Å²) in [7, 11) is 2.14. The number of carbonyl (C=O) groups is 1. The number of nitrogens with zero attached hydrogens (tertiary/aromatic N) is 7. The molecule has 3 aromatic rings. The first-order valence-corrected chi connectivity index (χ1v) is 13.5. The highest BCUT2D eigenvalue weighted by atomic mass is 16.1. The fourth-order valence-electron chi connectivity index (χ4n) is 5.39. The molecule has 10 heteroatoms. The third-order valence-electron chi connectivity index (χ3n) is 7.74. The average Bonchev–Trinajstić information content (AvgIpc) is 3.39. The number of nitrogens with one attached hydrogen (secondary N) is 1. The van der Waals surface area contributed by atoms with Crippen LogP contribution >= 0.6 is 0 Å². The second kappa shape index (κ2) is 11.2. The fourth-order valence-corrected chi connectivity index (χ4v) is 5.39. The Morgan fingerprint density at radius 2 is 1.92 bits per heavy atom. The van der Waals surface area contributed by atoms with Crippen LogP contribution in [0.25, 0.3) is 17.1 Å². The van der Waals surface area contributed by atoms with E-state index in [-0.39, 0.29) is 11.7 Å². The van der Waals surface area contributed by atoms with Crippen LogP contribution in [0.4, 0.5) is 5.82 Å². The molecule has 2 aliphatic rings. The molecule has 1 fully saturated rings. The molecule has 38 heavy (non-hydrogen) atoms. The first-order valence-electron chi connectivity index (χ1n) is 13.5. The molecule has 4 heterocycles. The van der Waals surface area contributed by atoms with Crippen LogP contribution in [0.15, 0.2) is 30.7 Å². The summed E-state index contributed by atoms with van der Waals surface area (Å²) in [5.74, 6) is 0.519. The molecule has 0 aliphatic carbocycles. The number of aromatic nitrogens is 4. The summed E-state index contributed by atoms with van der Waals surface area (Å²) in [6.45, 7) is 14.3. The molecule has 0 bridgehead atoms. The minimum atomic E-state index is -0.158. The summed E-state index contributed by atoms with van der Waals surface area (Å²) < 4.78 is 1.53. The lowest BCUT2D eigenvalue weighted by atomic mass is 9.92. The number of hydrogen-bond donors (Lipinski definition) is 2. The zero-order chi connectivity index (χ0) is 26.8. The Morgan fingerprint density at radius 1 is 1.13 bits per heavy atom. The van der Waals surface area contributed by atoms with Gasteiger partial charge in [0.05, 0.1) is 23.7 Å². The van der Waals surface area contributed by atoms with Gasteiger partial charge in [-0.2, -0.15) is 5.10 Å². The van der Waals surface area contributed by atoms with E-state index in [4.69, 9.17) is 10.7 Å². The van der Waals surface area contributed by atoms with Crippen molar-refractivity contribution in [3.05, 3.63) is 53.0 Å². The van der Waals surface area contributed by atoms with Crippen LogP contribution in [-0.2, 0) is 13.0 Å². The van der Waals surface area contributed by atoms with Crippen molar-refractivity contribution >= 4 is 11.7 Å². The fraction of sp³-hybridized carbons (Fsp3) is 0.500. The summed E-state index contributed by atoms with van der Waals surface area (Å²) in [5.41, 5.74) is 12.4. The summed E-state index contributed by atoms with van der Waals surface area (Å²) in [4.78, 5) is 29.2. The van der Waals surface area contributed by atoms with E-state index in [1.807, 2.05) is 0 Å². The van der Waals surface area contributed by atoms with Crippen molar-refractivity contribution in [2.75, 3.05) is 58.6 Å². The number of piperazine rings is 1. The van der Waals surface area contributed by atoms with Gasteiger partial charge in [0.15, 0.2) is 11.6 Å². The van der Waals surface area contributed by atoms with Gasteiger partial charge in [-0.1, -0.05) is 0 Å². The van der Waals surface area contributed by atoms with Gasteiger partial charge < -0.3 is 16.0 Å². The number of amides is 1. The lowest BCUT2D eigenvalue weighted by Gasteiger charge is -2.36. The van der Waals surface area contributed by atoms with Crippen LogP contribution in [0.5, 0.6) is 0 Å². The van der Waals surface area contributed by atoms with E-state index in [0.29, 0.717) is 24.0 Å². The highest BCUT2D eigenvalue weighted by Crippen LogP contribution is 2.29. The Bertz CT molecular complexity index is 1290. The maximum atomic E-state index is 12.8. The van der Waals surface area contributed by atoms with Gasteiger partial charge >= 0.3 is 0 Å². The number of benzene rings is 1. The van der Waals surface area contributed by atoms with Gasteiger partial charge in [-0.3, -0.25) is 14.6 Å². The molecule has 10 nitrogen and oxygen atoms in total. The molecule has 0 saturated carbocycles. The van der Waals surface area contributed by atoms with Crippen molar-refractivity contribution in [1.29, 1.82) is 0 Å². The van der Waals surface area contributed by atoms with Crippen LogP contribution in [-0.4, -0.2) is 99.3 Å². The normalized spacial score (nSPS) is 17.1. The van der Waals surface area contributed by atoms with Crippen LogP contribution in [0.2, 0.25) is 0 Å². The quantitative estimate of drug-likeness (QED) is 0.490. The minimum absolute atomic E-state index is 0.158. The smallest absolute Gasteiger partial charge is 0.254 e. The summed E-state index contributed by atoms with van der Waals surface area (Å²) >= 11 is 0. The molecule has 202 valence electrons. The zero-order valence-corrected chi connectivity index (χ0v) is 22.9. The maximum absolute atomic E-state index is 12.8. The highest BCUT2D eigenvalue weighted by molar-refractivity contribution is 5.93. The van der Waals surface area contributed by atoms with Crippen molar-refractivity contribution in [1.82, 2.24) is 39.8 Å². The van der Waals surface area contributed by atoms with Gasteiger partial charge in [-0.05, 0) is 63.1 Å². The average molecular weight is 518 g/mol. The number of likely N-dealkylation sites (N-methyl/N-ethyl adjacent to an activating group) is 1. The second-order valence-electron chi connectivity index (χ2n) is 10.8. The molecule has 1 aromatic carbocycles. The van der Waals surface area contributed by atoms with Crippen molar-refractivity contribution in [3.8, 4) is 17.1 Å². The third-order valence-corrected chi connectivity index (χ3v) is 7.74. The largest absolute Gasteiger partial charge is 0.381 e. The number of fused-ring (bicyclic) bond motifs is 1. The lowest BCUT2D eigenvalue weighted by Crippen LogP contribution is -2.50. The minimum Gasteiger partial charge on any atom is -0.381 e. The van der Waals surface area contributed by atoms with E-state index in [1.165, 1.54) is 21.4 Å². The Kier molecular flexibility index (Phi) is 7.73. The number of carbonyl (C=O) groups excluding carboxylic acids is 1. The Morgan fingerprint density at radius 3 is 2.68 bits per heavy atom. The first kappa shape index (κ1) is 26.3. The first-order chi connectivity index (χ1) is 18.3. The standard InChI is InChI=1S/C28H39N9O/c1-19(2)36-11-9-35(10-12-36)8-6-30-28(38)23-15-32-37(18-23)27-26(29)31-16-25(33-27)21-13-20(3)24-5-7-34(4)17-22(24)14-21/h13-16,18-19H,5-12,17H2,1-4H3,(H2,29,31)(H,30,38). The van der Waals surface area contributed by atoms with Crippen LogP contribution in [0, 0.1) is 6.92 Å². The maximum Gasteiger partial charge on any atom is 0.254 e. The van der Waals surface area contributed by atoms with Gasteiger partial charge in [-0.15, -0.1) is 0 Å². The van der Waals surface area contributed by atoms with Gasteiger partial charge in [0.2, 0.25) is 0 Å². The molecule has 0 unspecified atom stereocenters. The highest BCUT2D eigenvalue weighted by Gasteiger charge is 2.20. The number of rotatable bonds is 7. The Hall–Kier alpha value is -3.34. The predicted molar refractivity (Wildman–Crippen MR) is 149 cm³/mol. The monoisotopic (exact) mass is 517 g/mol. The molecule has 3 N–H and O–H groups in total. The van der Waals surface area contributed by atoms with Crippen molar-refractivity contribution in [2.24, 2.45) is 0 Å². The molecule has 1 saturated heterocycles. The number of hydrogen-bond acceptors (Lipinski definition) is 8. The van der Waals surface area contributed by atoms with E-state index < -0.39 is 0 Å². The molecular weight excluding hydrogens is 478 g/mol. The van der Waals surface area contributed by atoms with E-state index in [1.54, 1.807) is 18.6 Å². The van der Waals surface area contributed by atoms with E-state index in [9.17, 15) is 4.79 Å². The van der Waals surface area contributed by atoms with Gasteiger partial charge in [0, 0.05) is 70.2 Å². The Labute approximate surface area is 224 Å². The van der Waals surface area contributed by atoms with Crippen molar-refractivity contribution in [3.63, 3.8) is 0 Å². The summed E-state index contributed by atoms with van der Waals surface area (Å²) in [6, 6.07) is 4.95. The molecule has 2 aromatic heterocycles. The predicted octanol–water partition coefficient (Wildman–Crippen LogP) is 1.96. The van der Waals surface area contributed by atoms with Crippen LogP contribution < -0.4 is 11.1 Å². The van der Waals surface area contributed by atoms with Gasteiger partial charge in [-0.25, -0.2) is 14.6 Å². The number of nitrogens with two attached hydrogens (primary N) is 1. The summed E-state index contributed by atoms with van der Waals surface area (Å²) in [6.07, 6.45) is 5.96. The second-order valence-corrected chi connectivity index (χ2v) is 10.8. The van der Waals surface area contributed by atoms with Gasteiger partial charge in [0.1, 0.15) is 0 Å². The number of anilines is 1. The molecule has 5 rings (SSSR count). The van der Waals surface area contributed by atoms with E-state index >= 15 is 0 Å². The SMILES string of the molecule is Cc1cc(-c2cnc(N)c(-n3cc(C(=O)NCCN4CCN(C(C)C)CC4)cn3)n2)cc2c1CCN(C)C2. The summed E-state index contributed by atoms with van der Waals surface area (Å²) in [5, 5.41) is 7.39. The molecular formula is C28H39N9O. The number of aryl methyl sites for hydroxylation is 1. The number of nitrogen functional groups attached to an aromatic ring is 1. The topological polar surface area (TPSA) is 108 Å².